The lowest BCUT2D eigenvalue weighted by atomic mass is 10.2. The number of unbranched alkanes of at least 4 members (excludes halogenated alkanes) is 1. The van der Waals surface area contributed by atoms with Gasteiger partial charge in [0.05, 0.1) is 41.5 Å². The first-order valence-electron chi connectivity index (χ1n) is 8.92. The van der Waals surface area contributed by atoms with Gasteiger partial charge in [-0.1, -0.05) is 0 Å². The van der Waals surface area contributed by atoms with E-state index in [4.69, 9.17) is 0 Å². The van der Waals surface area contributed by atoms with E-state index in [1.165, 1.54) is 34.9 Å². The first kappa shape index (κ1) is 18.2. The molecular formula is C20H17F3N4O. The molecule has 2 aromatic heterocycles. The summed E-state index contributed by atoms with van der Waals surface area (Å²) in [5, 5.41) is 0. The second kappa shape index (κ2) is 7.46. The molecule has 0 aliphatic heterocycles. The predicted molar refractivity (Wildman–Crippen MR) is 100.0 cm³/mol. The number of alkyl halides is 1. The number of aryl methyl sites for hydroxylation is 1. The third-order valence-electron chi connectivity index (χ3n) is 4.66. The van der Waals surface area contributed by atoms with Gasteiger partial charge in [-0.25, -0.2) is 18.7 Å². The van der Waals surface area contributed by atoms with Crippen LogP contribution in [0.3, 0.4) is 0 Å². The van der Waals surface area contributed by atoms with Gasteiger partial charge < -0.3 is 4.57 Å². The number of aromatic nitrogens is 4. The fourth-order valence-electron chi connectivity index (χ4n) is 3.33. The molecule has 144 valence electrons. The maximum Gasteiger partial charge on any atom is 0.269 e. The summed E-state index contributed by atoms with van der Waals surface area (Å²) in [5.41, 5.74) is 1.65. The smallest absolute Gasteiger partial charge is 0.269 e. The van der Waals surface area contributed by atoms with Crippen molar-refractivity contribution in [1.82, 2.24) is 19.1 Å². The van der Waals surface area contributed by atoms with E-state index in [2.05, 4.69) is 9.97 Å². The van der Waals surface area contributed by atoms with Crippen LogP contribution in [-0.2, 0) is 13.1 Å². The van der Waals surface area contributed by atoms with Crippen LogP contribution in [0.15, 0.2) is 47.4 Å². The Bertz CT molecular complexity index is 1220. The fourth-order valence-corrected chi connectivity index (χ4v) is 3.33. The number of fused-ring (bicyclic) bond motifs is 2. The highest BCUT2D eigenvalue weighted by molar-refractivity contribution is 5.77. The molecule has 0 saturated carbocycles. The van der Waals surface area contributed by atoms with E-state index in [1.807, 2.05) is 4.57 Å². The van der Waals surface area contributed by atoms with E-state index in [-0.39, 0.29) is 12.1 Å². The molecule has 0 fully saturated rings. The molecule has 8 heteroatoms. The van der Waals surface area contributed by atoms with Gasteiger partial charge in [-0.15, -0.1) is 0 Å². The van der Waals surface area contributed by atoms with Crippen LogP contribution in [0.1, 0.15) is 18.7 Å². The van der Waals surface area contributed by atoms with Crippen molar-refractivity contribution in [2.45, 2.75) is 25.9 Å². The molecule has 0 aliphatic carbocycles. The molecule has 5 nitrogen and oxygen atoms in total. The molecule has 28 heavy (non-hydrogen) atoms. The number of rotatable bonds is 6. The minimum atomic E-state index is -0.445. The Hall–Kier alpha value is -3.16. The molecule has 0 spiro atoms. The number of hydrogen-bond acceptors (Lipinski definition) is 3. The molecule has 0 bridgehead atoms. The predicted octanol–water partition coefficient (Wildman–Crippen LogP) is 3.82. The summed E-state index contributed by atoms with van der Waals surface area (Å²) in [7, 11) is 0. The Morgan fingerprint density at radius 3 is 2.29 bits per heavy atom. The second-order valence-electron chi connectivity index (χ2n) is 6.52. The number of hydrogen-bond donors (Lipinski definition) is 0. The van der Waals surface area contributed by atoms with Gasteiger partial charge >= 0.3 is 0 Å². The van der Waals surface area contributed by atoms with Crippen LogP contribution in [0, 0.1) is 11.6 Å². The van der Waals surface area contributed by atoms with Crippen molar-refractivity contribution in [3.05, 3.63) is 70.4 Å². The zero-order chi connectivity index (χ0) is 19.7. The topological polar surface area (TPSA) is 52.7 Å². The molecule has 4 aromatic rings. The summed E-state index contributed by atoms with van der Waals surface area (Å²) in [6.07, 6.45) is 2.12. The fraction of sp³-hybridized carbons (Fsp3) is 0.250. The van der Waals surface area contributed by atoms with E-state index >= 15 is 0 Å². The van der Waals surface area contributed by atoms with E-state index in [0.29, 0.717) is 47.3 Å². The molecule has 0 amide bonds. The minimum absolute atomic E-state index is 0.107. The van der Waals surface area contributed by atoms with E-state index < -0.39 is 18.3 Å². The van der Waals surface area contributed by atoms with Crippen molar-refractivity contribution in [2.75, 3.05) is 6.67 Å². The van der Waals surface area contributed by atoms with Crippen molar-refractivity contribution in [3.8, 4) is 0 Å². The van der Waals surface area contributed by atoms with Gasteiger partial charge in [0.2, 0.25) is 0 Å². The second-order valence-corrected chi connectivity index (χ2v) is 6.52. The maximum atomic E-state index is 13.6. The molecule has 0 aliphatic rings. The molecule has 0 radical (unpaired) electrons. The van der Waals surface area contributed by atoms with Crippen molar-refractivity contribution < 1.29 is 13.2 Å². The van der Waals surface area contributed by atoms with Crippen LogP contribution >= 0.6 is 0 Å². The van der Waals surface area contributed by atoms with Crippen LogP contribution in [0.25, 0.3) is 22.1 Å². The lowest BCUT2D eigenvalue weighted by molar-refractivity contribution is 0.446. The van der Waals surface area contributed by atoms with Crippen molar-refractivity contribution in [1.29, 1.82) is 0 Å². The highest BCUT2D eigenvalue weighted by Crippen LogP contribution is 2.20. The van der Waals surface area contributed by atoms with Crippen LogP contribution in [-0.4, -0.2) is 25.8 Å². The Kier molecular flexibility index (Phi) is 4.85. The van der Waals surface area contributed by atoms with Gasteiger partial charge in [0.1, 0.15) is 17.5 Å². The highest BCUT2D eigenvalue weighted by atomic mass is 19.1. The number of nitrogens with zero attached hydrogens (tertiary/aromatic N) is 4. The van der Waals surface area contributed by atoms with Gasteiger partial charge in [-0.2, -0.15) is 0 Å². The summed E-state index contributed by atoms with van der Waals surface area (Å²) >= 11 is 0. The van der Waals surface area contributed by atoms with Crippen molar-refractivity contribution in [2.24, 2.45) is 0 Å². The normalized spacial score (nSPS) is 11.5. The molecule has 2 heterocycles. The summed E-state index contributed by atoms with van der Waals surface area (Å²) in [6, 6.07) is 8.31. The summed E-state index contributed by atoms with van der Waals surface area (Å²) < 4.78 is 43.0. The summed E-state index contributed by atoms with van der Waals surface area (Å²) in [4.78, 5) is 20.9. The minimum Gasteiger partial charge on any atom is -0.326 e. The number of benzene rings is 2. The number of imidazole rings is 1. The third kappa shape index (κ3) is 3.37. The summed E-state index contributed by atoms with van der Waals surface area (Å²) in [5.74, 6) is -0.313. The lowest BCUT2D eigenvalue weighted by Crippen LogP contribution is -2.23. The number of halogens is 3. The molecule has 0 unspecified atom stereocenters. The molecule has 0 atom stereocenters. The maximum absolute atomic E-state index is 13.6. The first-order valence-corrected chi connectivity index (χ1v) is 8.92. The monoisotopic (exact) mass is 386 g/mol. The largest absolute Gasteiger partial charge is 0.326 e. The first-order chi connectivity index (χ1) is 13.6. The Labute approximate surface area is 158 Å². The van der Waals surface area contributed by atoms with E-state index in [9.17, 15) is 18.0 Å². The van der Waals surface area contributed by atoms with Crippen LogP contribution < -0.4 is 5.56 Å². The Morgan fingerprint density at radius 2 is 1.57 bits per heavy atom. The zero-order valence-electron chi connectivity index (χ0n) is 14.9. The Morgan fingerprint density at radius 1 is 0.893 bits per heavy atom. The van der Waals surface area contributed by atoms with Crippen LogP contribution in [0.4, 0.5) is 13.2 Å². The Balaban J connectivity index is 1.83. The standard InChI is InChI=1S/C20H17F3N4O/c21-7-1-2-8-26-18-6-4-14(23)10-16(18)25-19(26)12-27-17-5-3-13(22)9-15(17)24-11-20(27)28/h3-6,9-11H,1-2,7-8,12H2. The lowest BCUT2D eigenvalue weighted by Gasteiger charge is -2.12. The van der Waals surface area contributed by atoms with E-state index in [0.717, 1.165) is 6.20 Å². The van der Waals surface area contributed by atoms with Crippen molar-refractivity contribution in [3.63, 3.8) is 0 Å². The van der Waals surface area contributed by atoms with Gasteiger partial charge in [-0.3, -0.25) is 13.8 Å². The molecular weight excluding hydrogens is 369 g/mol. The average Bonchev–Trinajstić information content (AvgIpc) is 3.00. The average molecular weight is 386 g/mol. The third-order valence-corrected chi connectivity index (χ3v) is 4.66. The quantitative estimate of drug-likeness (QED) is 0.474. The van der Waals surface area contributed by atoms with Crippen molar-refractivity contribution >= 4 is 22.1 Å². The molecule has 0 saturated heterocycles. The molecule has 0 N–H and O–H groups in total. The van der Waals surface area contributed by atoms with Crippen LogP contribution in [0.5, 0.6) is 0 Å². The highest BCUT2D eigenvalue weighted by Gasteiger charge is 2.14. The molecule has 2 aromatic carbocycles. The van der Waals surface area contributed by atoms with Gasteiger partial charge in [0.15, 0.2) is 0 Å². The summed E-state index contributed by atoms with van der Waals surface area (Å²) in [6.45, 7) is 0.180. The van der Waals surface area contributed by atoms with Gasteiger partial charge in [0.25, 0.3) is 5.56 Å². The zero-order valence-corrected chi connectivity index (χ0v) is 14.9. The SMILES string of the molecule is O=c1cnc2cc(F)ccc2n1Cc1nc2cc(F)ccc2n1CCCCF. The van der Waals surface area contributed by atoms with E-state index in [1.54, 1.807) is 6.07 Å². The van der Waals surface area contributed by atoms with Gasteiger partial charge in [-0.05, 0) is 37.1 Å². The van der Waals surface area contributed by atoms with Crippen LogP contribution in [0.2, 0.25) is 0 Å². The molecule has 4 rings (SSSR count). The van der Waals surface area contributed by atoms with Gasteiger partial charge in [0, 0.05) is 18.7 Å².